The van der Waals surface area contributed by atoms with E-state index in [1.165, 1.54) is 6.08 Å². The number of likely N-dealkylation sites (N-methyl/N-ethyl adjacent to an activating group) is 2. The van der Waals surface area contributed by atoms with Gasteiger partial charge in [0.25, 0.3) is 0 Å². The Hall–Kier alpha value is -3.62. The number of aliphatic imine (C=N–C) groups is 1. The van der Waals surface area contributed by atoms with Gasteiger partial charge in [-0.15, -0.1) is 0 Å². The van der Waals surface area contributed by atoms with E-state index in [0.717, 1.165) is 41.3 Å². The van der Waals surface area contributed by atoms with Crippen LogP contribution in [0.1, 0.15) is 31.9 Å². The molecule has 0 spiro atoms. The van der Waals surface area contributed by atoms with Crippen molar-refractivity contribution >= 4 is 34.2 Å². The van der Waals surface area contributed by atoms with Gasteiger partial charge in [0.1, 0.15) is 11.5 Å². The highest BCUT2D eigenvalue weighted by atomic mass is 16.3. The van der Waals surface area contributed by atoms with E-state index in [4.69, 9.17) is 4.99 Å². The molecule has 2 aromatic carbocycles. The minimum absolute atomic E-state index is 0.0745. The summed E-state index contributed by atoms with van der Waals surface area (Å²) in [5, 5.41) is 32.5. The minimum Gasteiger partial charge on any atom is -0.506 e. The highest BCUT2D eigenvalue weighted by Crippen LogP contribution is 2.30. The summed E-state index contributed by atoms with van der Waals surface area (Å²) in [6, 6.07) is 11.7. The molecule has 0 amide bonds. The number of allylic oxidation sites excluding steroid dienone is 2. The fourth-order valence-corrected chi connectivity index (χ4v) is 4.44. The Morgan fingerprint density at radius 3 is 1.95 bits per heavy atom. The zero-order chi connectivity index (χ0) is 27.1. The van der Waals surface area contributed by atoms with Crippen molar-refractivity contribution in [3.05, 3.63) is 70.6 Å². The van der Waals surface area contributed by atoms with Gasteiger partial charge in [0.15, 0.2) is 0 Å². The summed E-state index contributed by atoms with van der Waals surface area (Å²) in [5.41, 5.74) is 6.60. The number of hydrogen-bond acceptors (Lipinski definition) is 8. The molecule has 3 rings (SSSR count). The molecule has 0 aliphatic heterocycles. The molecular formula is C29H38N4O4. The van der Waals surface area contributed by atoms with Crippen molar-refractivity contribution in [3.63, 3.8) is 0 Å². The molecule has 2 aromatic rings. The van der Waals surface area contributed by atoms with Crippen LogP contribution in [0.5, 0.6) is 0 Å². The average molecular weight is 507 g/mol. The van der Waals surface area contributed by atoms with Crippen LogP contribution in [0.15, 0.2) is 64.5 Å². The van der Waals surface area contributed by atoms with Crippen LogP contribution in [-0.4, -0.2) is 66.2 Å². The van der Waals surface area contributed by atoms with Gasteiger partial charge in [-0.2, -0.15) is 0 Å². The van der Waals surface area contributed by atoms with Crippen LogP contribution < -0.4 is 15.1 Å². The number of carbonyl (C=O) groups is 1. The first-order chi connectivity index (χ1) is 17.7. The van der Waals surface area contributed by atoms with E-state index in [9.17, 15) is 20.1 Å². The first kappa shape index (κ1) is 28.0. The second-order valence-corrected chi connectivity index (χ2v) is 9.06. The number of anilines is 3. The number of aryl methyl sites for hydroxylation is 2. The summed E-state index contributed by atoms with van der Waals surface area (Å²) in [6.07, 6.45) is 1.20. The van der Waals surface area contributed by atoms with Gasteiger partial charge in [0.2, 0.25) is 5.78 Å². The number of aliphatic hydroxyl groups is 3. The molecule has 4 N–H and O–H groups in total. The summed E-state index contributed by atoms with van der Waals surface area (Å²) in [6.45, 7) is 12.6. The highest BCUT2D eigenvalue weighted by Gasteiger charge is 2.25. The number of carbonyl (C=O) groups excluding carboxylic acids is 1. The van der Waals surface area contributed by atoms with Crippen molar-refractivity contribution in [2.75, 3.05) is 54.5 Å². The lowest BCUT2D eigenvalue weighted by atomic mass is 9.98. The molecule has 0 unspecified atom stereocenters. The van der Waals surface area contributed by atoms with Crippen molar-refractivity contribution in [1.29, 1.82) is 0 Å². The van der Waals surface area contributed by atoms with Gasteiger partial charge in [-0.25, -0.2) is 4.99 Å². The smallest absolute Gasteiger partial charge is 0.206 e. The topological polar surface area (TPSA) is 109 Å². The van der Waals surface area contributed by atoms with Crippen molar-refractivity contribution < 1.29 is 20.1 Å². The van der Waals surface area contributed by atoms with Gasteiger partial charge in [-0.1, -0.05) is 0 Å². The van der Waals surface area contributed by atoms with E-state index in [1.54, 1.807) is 6.92 Å². The molecule has 0 bridgehead atoms. The van der Waals surface area contributed by atoms with Gasteiger partial charge in [-0.3, -0.25) is 4.79 Å². The number of rotatable bonds is 11. The van der Waals surface area contributed by atoms with Crippen molar-refractivity contribution in [1.82, 2.24) is 0 Å². The summed E-state index contributed by atoms with van der Waals surface area (Å²) in [4.78, 5) is 21.7. The Kier molecular flexibility index (Phi) is 9.49. The first-order valence-electron chi connectivity index (χ1n) is 12.7. The van der Waals surface area contributed by atoms with Gasteiger partial charge >= 0.3 is 0 Å². The summed E-state index contributed by atoms with van der Waals surface area (Å²) in [5.74, 6) is -0.482. The Bertz CT molecular complexity index is 1230. The molecule has 0 atom stereocenters. The van der Waals surface area contributed by atoms with Crippen molar-refractivity contribution in [3.8, 4) is 0 Å². The van der Waals surface area contributed by atoms with Gasteiger partial charge < -0.3 is 30.4 Å². The van der Waals surface area contributed by atoms with E-state index in [2.05, 4.69) is 15.1 Å². The maximum absolute atomic E-state index is 12.8. The highest BCUT2D eigenvalue weighted by molar-refractivity contribution is 6.25. The van der Waals surface area contributed by atoms with Crippen molar-refractivity contribution in [2.24, 2.45) is 4.99 Å². The van der Waals surface area contributed by atoms with Crippen LogP contribution in [0, 0.1) is 13.8 Å². The SMILES string of the molecule is CCN(CCO)c1ccc(/N=C2\C(O)=CC(=O)C(Nc3ccc(N(CC)CCO)cc3C)=C2C)c(C)c1. The lowest BCUT2D eigenvalue weighted by Crippen LogP contribution is -2.26. The summed E-state index contributed by atoms with van der Waals surface area (Å²) in [7, 11) is 0. The zero-order valence-electron chi connectivity index (χ0n) is 22.4. The standard InChI is InChI=1S/C29H38N4O4/c1-6-32(12-14-34)22-8-10-24(19(3)16-22)30-28-21(5)29(27(37)18-26(28)36)31-25-11-9-23(17-20(25)4)33(7-2)13-15-35/h8-11,16-18,30,34-35,37H,6-7,12-15H2,1-5H3/b31-29-. The quantitative estimate of drug-likeness (QED) is 0.334. The molecule has 0 fully saturated rings. The molecule has 0 radical (unpaired) electrons. The van der Waals surface area contributed by atoms with E-state index in [0.29, 0.717) is 35.8 Å². The van der Waals surface area contributed by atoms with Crippen LogP contribution in [0.4, 0.5) is 22.7 Å². The van der Waals surface area contributed by atoms with E-state index >= 15 is 0 Å². The first-order valence-corrected chi connectivity index (χ1v) is 12.7. The molecule has 8 heteroatoms. The number of nitrogens with one attached hydrogen (secondary N) is 1. The van der Waals surface area contributed by atoms with E-state index < -0.39 is 0 Å². The molecule has 0 aromatic heterocycles. The molecule has 0 heterocycles. The van der Waals surface area contributed by atoms with E-state index in [-0.39, 0.29) is 24.8 Å². The molecule has 0 saturated carbocycles. The molecule has 1 aliphatic rings. The van der Waals surface area contributed by atoms with Gasteiger partial charge in [0.05, 0.1) is 24.6 Å². The predicted octanol–water partition coefficient (Wildman–Crippen LogP) is 4.42. The van der Waals surface area contributed by atoms with Crippen LogP contribution in [-0.2, 0) is 4.79 Å². The van der Waals surface area contributed by atoms with Gasteiger partial charge in [0, 0.05) is 54.9 Å². The fourth-order valence-electron chi connectivity index (χ4n) is 4.44. The Morgan fingerprint density at radius 1 is 0.865 bits per heavy atom. The Balaban J connectivity index is 1.94. The van der Waals surface area contributed by atoms with Crippen LogP contribution in [0.25, 0.3) is 0 Å². The molecule has 37 heavy (non-hydrogen) atoms. The molecule has 8 nitrogen and oxygen atoms in total. The zero-order valence-corrected chi connectivity index (χ0v) is 22.4. The second-order valence-electron chi connectivity index (χ2n) is 9.06. The third-order valence-corrected chi connectivity index (χ3v) is 6.60. The molecular weight excluding hydrogens is 468 g/mol. The molecule has 198 valence electrons. The monoisotopic (exact) mass is 506 g/mol. The summed E-state index contributed by atoms with van der Waals surface area (Å²) >= 11 is 0. The maximum atomic E-state index is 12.8. The number of nitrogens with zero attached hydrogens (tertiary/aromatic N) is 3. The lowest BCUT2D eigenvalue weighted by molar-refractivity contribution is -0.111. The number of benzene rings is 2. The number of ketones is 1. The maximum Gasteiger partial charge on any atom is 0.206 e. The number of aliphatic hydroxyl groups excluding tert-OH is 3. The van der Waals surface area contributed by atoms with Crippen molar-refractivity contribution in [2.45, 2.75) is 34.6 Å². The third-order valence-electron chi connectivity index (χ3n) is 6.60. The molecule has 1 aliphatic carbocycles. The fraction of sp³-hybridized carbons (Fsp3) is 0.379. The minimum atomic E-state index is -0.317. The summed E-state index contributed by atoms with van der Waals surface area (Å²) < 4.78 is 0. The largest absolute Gasteiger partial charge is 0.506 e. The second kappa shape index (κ2) is 12.6. The Morgan fingerprint density at radius 2 is 1.43 bits per heavy atom. The third kappa shape index (κ3) is 6.39. The average Bonchev–Trinajstić information content (AvgIpc) is 2.87. The van der Waals surface area contributed by atoms with Gasteiger partial charge in [-0.05, 0) is 82.1 Å². The predicted molar refractivity (Wildman–Crippen MR) is 151 cm³/mol. The Labute approximate surface area is 219 Å². The van der Waals surface area contributed by atoms with Crippen LogP contribution in [0.2, 0.25) is 0 Å². The van der Waals surface area contributed by atoms with Crippen LogP contribution >= 0.6 is 0 Å². The lowest BCUT2D eigenvalue weighted by Gasteiger charge is -2.24. The molecule has 0 saturated heterocycles. The number of hydrogen-bond donors (Lipinski definition) is 4. The normalized spacial score (nSPS) is 14.7. The van der Waals surface area contributed by atoms with Crippen LogP contribution in [0.3, 0.4) is 0 Å². The van der Waals surface area contributed by atoms with E-state index in [1.807, 2.05) is 64.1 Å².